The number of rotatable bonds is 3. The summed E-state index contributed by atoms with van der Waals surface area (Å²) in [6, 6.07) is 3.94. The second-order valence-electron chi connectivity index (χ2n) is 6.12. The van der Waals surface area contributed by atoms with E-state index in [0.29, 0.717) is 11.6 Å². The Morgan fingerprint density at radius 1 is 1.25 bits per heavy atom. The fourth-order valence-electron chi connectivity index (χ4n) is 1.68. The maximum atomic E-state index is 5.91. The van der Waals surface area contributed by atoms with E-state index >= 15 is 0 Å². The molecule has 6 heteroatoms. The molecular weight excluding hydrogens is 252 g/mol. The molecule has 2 rings (SSSR count). The van der Waals surface area contributed by atoms with Crippen molar-refractivity contribution in [3.63, 3.8) is 0 Å². The van der Waals surface area contributed by atoms with E-state index in [9.17, 15) is 0 Å². The van der Waals surface area contributed by atoms with Gasteiger partial charge in [0.05, 0.1) is 5.69 Å². The van der Waals surface area contributed by atoms with Gasteiger partial charge in [-0.15, -0.1) is 0 Å². The third-order valence-corrected chi connectivity index (χ3v) is 3.39. The van der Waals surface area contributed by atoms with Crippen molar-refractivity contribution >= 4 is 11.6 Å². The Hall–Kier alpha value is -2.11. The quantitative estimate of drug-likeness (QED) is 0.898. The molecule has 0 bridgehead atoms. The first-order chi connectivity index (χ1) is 9.27. The van der Waals surface area contributed by atoms with Gasteiger partial charge in [-0.05, 0) is 19.3 Å². The molecule has 0 radical (unpaired) electrons. The zero-order valence-electron chi connectivity index (χ0n) is 12.7. The molecule has 0 fully saturated rings. The number of aromatic nitrogens is 4. The summed E-state index contributed by atoms with van der Waals surface area (Å²) in [4.78, 5) is 8.47. The highest BCUT2D eigenvalue weighted by atomic mass is 15.3. The molecule has 20 heavy (non-hydrogen) atoms. The molecule has 3 N–H and O–H groups in total. The molecule has 0 unspecified atom stereocenters. The van der Waals surface area contributed by atoms with E-state index in [1.54, 1.807) is 4.68 Å². The van der Waals surface area contributed by atoms with Crippen molar-refractivity contribution in [2.45, 2.75) is 40.7 Å². The molecule has 0 aromatic carbocycles. The van der Waals surface area contributed by atoms with Crippen LogP contribution in [0.5, 0.6) is 0 Å². The largest absolute Gasteiger partial charge is 0.384 e. The van der Waals surface area contributed by atoms with E-state index in [1.165, 1.54) is 6.33 Å². The lowest BCUT2D eigenvalue weighted by molar-refractivity contribution is 0.358. The van der Waals surface area contributed by atoms with Gasteiger partial charge in [-0.1, -0.05) is 20.8 Å². The standard InChI is InChI=1S/C14H22N6/c1-9-6-11(15)20(19-9)13-7-12(16-8-17-13)18-10(2)14(3,4)5/h6-8,10H,15H2,1-5H3,(H,16,17,18)/t10-/m0/s1. The Bertz CT molecular complexity index is 596. The number of hydrogen-bond acceptors (Lipinski definition) is 5. The minimum absolute atomic E-state index is 0.145. The first-order valence-corrected chi connectivity index (χ1v) is 6.68. The summed E-state index contributed by atoms with van der Waals surface area (Å²) in [7, 11) is 0. The maximum absolute atomic E-state index is 5.91. The zero-order valence-corrected chi connectivity index (χ0v) is 12.7. The van der Waals surface area contributed by atoms with Crippen LogP contribution in [0.1, 0.15) is 33.4 Å². The van der Waals surface area contributed by atoms with Gasteiger partial charge < -0.3 is 11.1 Å². The average molecular weight is 274 g/mol. The van der Waals surface area contributed by atoms with Gasteiger partial charge in [-0.2, -0.15) is 9.78 Å². The fraction of sp³-hybridized carbons (Fsp3) is 0.500. The molecule has 0 saturated heterocycles. The summed E-state index contributed by atoms with van der Waals surface area (Å²) < 4.78 is 1.62. The Balaban J connectivity index is 2.27. The van der Waals surface area contributed by atoms with Crippen molar-refractivity contribution < 1.29 is 0 Å². The number of nitrogens with one attached hydrogen (secondary N) is 1. The number of hydrogen-bond donors (Lipinski definition) is 2. The van der Waals surface area contributed by atoms with Crippen molar-refractivity contribution in [3.05, 3.63) is 24.2 Å². The lowest BCUT2D eigenvalue weighted by Gasteiger charge is -2.28. The third-order valence-electron chi connectivity index (χ3n) is 3.39. The Morgan fingerprint density at radius 2 is 1.95 bits per heavy atom. The summed E-state index contributed by atoms with van der Waals surface area (Å²) in [5.41, 5.74) is 6.92. The lowest BCUT2D eigenvalue weighted by Crippen LogP contribution is -2.31. The number of nitrogen functional groups attached to an aromatic ring is 1. The molecule has 0 aliphatic carbocycles. The SMILES string of the molecule is Cc1cc(N)n(-c2cc(N[C@@H](C)C(C)(C)C)ncn2)n1. The molecule has 0 saturated carbocycles. The molecule has 108 valence electrons. The van der Waals surface area contributed by atoms with Gasteiger partial charge in [0.1, 0.15) is 18.0 Å². The van der Waals surface area contributed by atoms with Crippen molar-refractivity contribution in [2.24, 2.45) is 5.41 Å². The molecule has 0 aliphatic heterocycles. The molecule has 6 nitrogen and oxygen atoms in total. The van der Waals surface area contributed by atoms with Crippen LogP contribution in [0, 0.1) is 12.3 Å². The van der Waals surface area contributed by atoms with E-state index < -0.39 is 0 Å². The van der Waals surface area contributed by atoms with E-state index in [-0.39, 0.29) is 11.5 Å². The van der Waals surface area contributed by atoms with Crippen LogP contribution in [-0.2, 0) is 0 Å². The Morgan fingerprint density at radius 3 is 2.50 bits per heavy atom. The molecule has 2 aromatic rings. The molecule has 0 aliphatic rings. The molecule has 2 aromatic heterocycles. The second kappa shape index (κ2) is 5.11. The highest BCUT2D eigenvalue weighted by Gasteiger charge is 2.20. The topological polar surface area (TPSA) is 81.6 Å². The first-order valence-electron chi connectivity index (χ1n) is 6.68. The molecular formula is C14H22N6. The highest BCUT2D eigenvalue weighted by molar-refractivity contribution is 5.45. The average Bonchev–Trinajstić information content (AvgIpc) is 2.67. The predicted octanol–water partition coefficient (Wildman–Crippen LogP) is 2.40. The van der Waals surface area contributed by atoms with Gasteiger partial charge in [0.2, 0.25) is 0 Å². The molecule has 0 amide bonds. The second-order valence-corrected chi connectivity index (χ2v) is 6.12. The van der Waals surface area contributed by atoms with Crippen LogP contribution >= 0.6 is 0 Å². The van der Waals surface area contributed by atoms with Crippen molar-refractivity contribution in [1.82, 2.24) is 19.7 Å². The summed E-state index contributed by atoms with van der Waals surface area (Å²) in [5, 5.41) is 7.71. The van der Waals surface area contributed by atoms with Crippen LogP contribution < -0.4 is 11.1 Å². The van der Waals surface area contributed by atoms with Gasteiger partial charge in [0.25, 0.3) is 0 Å². The van der Waals surface area contributed by atoms with E-state index in [1.807, 2.05) is 19.1 Å². The van der Waals surface area contributed by atoms with Crippen LogP contribution in [0.2, 0.25) is 0 Å². The van der Waals surface area contributed by atoms with Crippen LogP contribution in [0.25, 0.3) is 5.82 Å². The molecule has 0 spiro atoms. The summed E-state index contributed by atoms with van der Waals surface area (Å²) >= 11 is 0. The van der Waals surface area contributed by atoms with E-state index in [0.717, 1.165) is 11.5 Å². The fourth-order valence-corrected chi connectivity index (χ4v) is 1.68. The smallest absolute Gasteiger partial charge is 0.161 e. The van der Waals surface area contributed by atoms with Crippen molar-refractivity contribution in [2.75, 3.05) is 11.1 Å². The third kappa shape index (κ3) is 3.07. The maximum Gasteiger partial charge on any atom is 0.161 e. The van der Waals surface area contributed by atoms with Crippen LogP contribution in [0.15, 0.2) is 18.5 Å². The Kier molecular flexibility index (Phi) is 3.65. The van der Waals surface area contributed by atoms with Crippen LogP contribution in [0.4, 0.5) is 11.6 Å². The van der Waals surface area contributed by atoms with E-state index in [2.05, 4.69) is 48.1 Å². The normalized spacial score (nSPS) is 13.2. The number of aryl methyl sites for hydroxylation is 1. The number of nitrogens with zero attached hydrogens (tertiary/aromatic N) is 4. The Labute approximate surface area is 119 Å². The minimum Gasteiger partial charge on any atom is -0.384 e. The van der Waals surface area contributed by atoms with Crippen LogP contribution in [-0.4, -0.2) is 25.8 Å². The van der Waals surface area contributed by atoms with Gasteiger partial charge in [0, 0.05) is 18.2 Å². The lowest BCUT2D eigenvalue weighted by atomic mass is 9.88. The van der Waals surface area contributed by atoms with Gasteiger partial charge in [-0.25, -0.2) is 9.97 Å². The summed E-state index contributed by atoms with van der Waals surface area (Å²) in [5.74, 6) is 2.00. The van der Waals surface area contributed by atoms with Gasteiger partial charge in [0.15, 0.2) is 5.82 Å². The van der Waals surface area contributed by atoms with Crippen molar-refractivity contribution in [3.8, 4) is 5.82 Å². The summed E-state index contributed by atoms with van der Waals surface area (Å²) in [6.45, 7) is 10.6. The summed E-state index contributed by atoms with van der Waals surface area (Å²) in [6.07, 6.45) is 1.52. The highest BCUT2D eigenvalue weighted by Crippen LogP contribution is 2.22. The predicted molar refractivity (Wildman–Crippen MR) is 80.8 cm³/mol. The number of nitrogens with two attached hydrogens (primary N) is 1. The van der Waals surface area contributed by atoms with E-state index in [4.69, 9.17) is 5.73 Å². The molecule has 2 heterocycles. The molecule has 1 atom stereocenters. The van der Waals surface area contributed by atoms with Gasteiger partial charge in [-0.3, -0.25) is 0 Å². The van der Waals surface area contributed by atoms with Crippen LogP contribution in [0.3, 0.4) is 0 Å². The number of anilines is 2. The zero-order chi connectivity index (χ0) is 14.9. The first kappa shape index (κ1) is 14.3. The van der Waals surface area contributed by atoms with Gasteiger partial charge >= 0.3 is 0 Å². The monoisotopic (exact) mass is 274 g/mol. The minimum atomic E-state index is 0.145. The van der Waals surface area contributed by atoms with Crippen molar-refractivity contribution in [1.29, 1.82) is 0 Å².